The number of methoxy groups -OCH3 is 1. The highest BCUT2D eigenvalue weighted by Crippen LogP contribution is 2.24. The molecule has 134 valence electrons. The highest BCUT2D eigenvalue weighted by Gasteiger charge is 2.28. The zero-order valence-corrected chi connectivity index (χ0v) is 15.6. The summed E-state index contributed by atoms with van der Waals surface area (Å²) in [6.45, 7) is 6.40. The molecule has 0 heterocycles. The molecule has 0 aliphatic heterocycles. The molecule has 0 radical (unpaired) electrons. The van der Waals surface area contributed by atoms with Gasteiger partial charge < -0.3 is 9.64 Å². The summed E-state index contributed by atoms with van der Waals surface area (Å²) in [5, 5.41) is 0. The van der Waals surface area contributed by atoms with Gasteiger partial charge in [0.05, 0.1) is 7.11 Å². The summed E-state index contributed by atoms with van der Waals surface area (Å²) in [4.78, 5) is 17.2. The second kappa shape index (κ2) is 9.23. The monoisotopic (exact) mass is 340 g/mol. The quantitative estimate of drug-likeness (QED) is 0.734. The largest absolute Gasteiger partial charge is 0.497 e. The lowest BCUT2D eigenvalue weighted by atomic mass is 10.0. The van der Waals surface area contributed by atoms with Crippen LogP contribution in [0, 0.1) is 0 Å². The van der Waals surface area contributed by atoms with Crippen molar-refractivity contribution in [1.82, 2.24) is 9.80 Å². The van der Waals surface area contributed by atoms with E-state index < -0.39 is 0 Å². The van der Waals surface area contributed by atoms with Crippen molar-refractivity contribution in [3.63, 3.8) is 0 Å². The lowest BCUT2D eigenvalue weighted by molar-refractivity contribution is -0.136. The molecule has 1 unspecified atom stereocenters. The van der Waals surface area contributed by atoms with Gasteiger partial charge in [-0.2, -0.15) is 0 Å². The van der Waals surface area contributed by atoms with E-state index in [9.17, 15) is 4.79 Å². The van der Waals surface area contributed by atoms with Gasteiger partial charge in [-0.15, -0.1) is 0 Å². The Morgan fingerprint density at radius 3 is 2.32 bits per heavy atom. The molecule has 1 atom stereocenters. The van der Waals surface area contributed by atoms with E-state index in [4.69, 9.17) is 4.74 Å². The number of nitrogens with zero attached hydrogens (tertiary/aromatic N) is 2. The summed E-state index contributed by atoms with van der Waals surface area (Å²) in [5.41, 5.74) is 2.09. The maximum Gasteiger partial charge on any atom is 0.244 e. The van der Waals surface area contributed by atoms with E-state index in [0.717, 1.165) is 30.0 Å². The number of benzene rings is 2. The van der Waals surface area contributed by atoms with Gasteiger partial charge in [0.2, 0.25) is 5.91 Å². The van der Waals surface area contributed by atoms with Crippen LogP contribution in [0.4, 0.5) is 0 Å². The Labute approximate surface area is 151 Å². The van der Waals surface area contributed by atoms with Gasteiger partial charge in [-0.05, 0) is 36.3 Å². The molecule has 2 aromatic carbocycles. The fourth-order valence-corrected chi connectivity index (χ4v) is 3.07. The topological polar surface area (TPSA) is 32.8 Å². The van der Waals surface area contributed by atoms with Gasteiger partial charge in [0.1, 0.15) is 11.8 Å². The van der Waals surface area contributed by atoms with Gasteiger partial charge in [0.25, 0.3) is 0 Å². The number of amides is 1. The van der Waals surface area contributed by atoms with Gasteiger partial charge in [0, 0.05) is 13.6 Å². The van der Waals surface area contributed by atoms with E-state index in [0.29, 0.717) is 6.54 Å². The van der Waals surface area contributed by atoms with E-state index >= 15 is 0 Å². The third-order valence-electron chi connectivity index (χ3n) is 4.46. The van der Waals surface area contributed by atoms with Crippen molar-refractivity contribution < 1.29 is 9.53 Å². The van der Waals surface area contributed by atoms with Crippen molar-refractivity contribution in [2.24, 2.45) is 0 Å². The number of carbonyl (C=O) groups is 1. The van der Waals surface area contributed by atoms with Crippen molar-refractivity contribution in [2.75, 3.05) is 27.2 Å². The molecular formula is C21H28N2O2. The molecule has 0 bridgehead atoms. The number of likely N-dealkylation sites (N-methyl/N-ethyl adjacent to an activating group) is 2. The molecule has 0 saturated heterocycles. The number of hydrogen-bond acceptors (Lipinski definition) is 3. The van der Waals surface area contributed by atoms with E-state index in [1.54, 1.807) is 12.0 Å². The first-order chi connectivity index (χ1) is 12.1. The Morgan fingerprint density at radius 2 is 1.72 bits per heavy atom. The van der Waals surface area contributed by atoms with Crippen molar-refractivity contribution in [2.45, 2.75) is 26.4 Å². The van der Waals surface area contributed by atoms with E-state index in [2.05, 4.69) is 18.7 Å². The Kier molecular flexibility index (Phi) is 7.02. The third-order valence-corrected chi connectivity index (χ3v) is 4.46. The Bertz CT molecular complexity index is 669. The summed E-state index contributed by atoms with van der Waals surface area (Å²) in [7, 11) is 3.51. The van der Waals surface area contributed by atoms with Crippen LogP contribution in [-0.2, 0) is 11.3 Å². The molecular weight excluding hydrogens is 312 g/mol. The Morgan fingerprint density at radius 1 is 1.04 bits per heavy atom. The van der Waals surface area contributed by atoms with E-state index in [-0.39, 0.29) is 11.9 Å². The van der Waals surface area contributed by atoms with Crippen molar-refractivity contribution in [1.29, 1.82) is 0 Å². The van der Waals surface area contributed by atoms with Gasteiger partial charge >= 0.3 is 0 Å². The van der Waals surface area contributed by atoms with Gasteiger partial charge in [0.15, 0.2) is 0 Å². The molecule has 4 nitrogen and oxygen atoms in total. The summed E-state index contributed by atoms with van der Waals surface area (Å²) < 4.78 is 5.28. The van der Waals surface area contributed by atoms with Gasteiger partial charge in [-0.25, -0.2) is 0 Å². The van der Waals surface area contributed by atoms with Crippen LogP contribution in [0.2, 0.25) is 0 Å². The third kappa shape index (κ3) is 4.83. The standard InChI is InChI=1S/C21H28N2O2/c1-5-23(6-2)20(18-12-8-7-9-13-18)21(24)22(3)16-17-11-10-14-19(15-17)25-4/h7-15,20H,5-6,16H2,1-4H3. The van der Waals surface area contributed by atoms with Crippen molar-refractivity contribution in [3.05, 3.63) is 65.7 Å². The normalized spacial score (nSPS) is 12.0. The first-order valence-corrected chi connectivity index (χ1v) is 8.77. The molecule has 0 N–H and O–H groups in total. The average Bonchev–Trinajstić information content (AvgIpc) is 2.66. The van der Waals surface area contributed by atoms with Crippen LogP contribution in [0.1, 0.15) is 31.0 Å². The summed E-state index contributed by atoms with van der Waals surface area (Å²) in [5.74, 6) is 0.916. The minimum absolute atomic E-state index is 0.109. The molecule has 0 aliphatic rings. The first-order valence-electron chi connectivity index (χ1n) is 8.77. The lowest BCUT2D eigenvalue weighted by Crippen LogP contribution is -2.41. The number of hydrogen-bond donors (Lipinski definition) is 0. The summed E-state index contributed by atoms with van der Waals surface area (Å²) >= 11 is 0. The highest BCUT2D eigenvalue weighted by atomic mass is 16.5. The molecule has 0 saturated carbocycles. The average molecular weight is 340 g/mol. The maximum absolute atomic E-state index is 13.2. The molecule has 0 aromatic heterocycles. The highest BCUT2D eigenvalue weighted by molar-refractivity contribution is 5.83. The zero-order valence-electron chi connectivity index (χ0n) is 15.6. The second-order valence-electron chi connectivity index (χ2n) is 6.08. The second-order valence-corrected chi connectivity index (χ2v) is 6.08. The lowest BCUT2D eigenvalue weighted by Gasteiger charge is -2.32. The first kappa shape index (κ1) is 19.0. The van der Waals surface area contributed by atoms with Crippen LogP contribution in [0.5, 0.6) is 5.75 Å². The molecule has 25 heavy (non-hydrogen) atoms. The van der Waals surface area contributed by atoms with Gasteiger partial charge in [-0.3, -0.25) is 9.69 Å². The summed E-state index contributed by atoms with van der Waals surface area (Å²) in [6, 6.07) is 17.6. The molecule has 1 amide bonds. The van der Waals surface area contributed by atoms with Crippen LogP contribution >= 0.6 is 0 Å². The SMILES string of the molecule is CCN(CC)C(C(=O)N(C)Cc1cccc(OC)c1)c1ccccc1. The minimum Gasteiger partial charge on any atom is -0.497 e. The molecule has 0 spiro atoms. The molecule has 0 fully saturated rings. The van der Waals surface area contributed by atoms with E-state index in [1.807, 2.05) is 61.6 Å². The molecule has 2 aromatic rings. The van der Waals surface area contributed by atoms with E-state index in [1.165, 1.54) is 0 Å². The van der Waals surface area contributed by atoms with Crippen molar-refractivity contribution in [3.8, 4) is 5.75 Å². The van der Waals surface area contributed by atoms with Crippen LogP contribution < -0.4 is 4.74 Å². The maximum atomic E-state index is 13.2. The van der Waals surface area contributed by atoms with Crippen molar-refractivity contribution >= 4 is 5.91 Å². The Hall–Kier alpha value is -2.33. The number of ether oxygens (including phenoxy) is 1. The van der Waals surface area contributed by atoms with Gasteiger partial charge in [-0.1, -0.05) is 56.3 Å². The van der Waals surface area contributed by atoms with Crippen LogP contribution in [0.25, 0.3) is 0 Å². The predicted molar refractivity (Wildman–Crippen MR) is 102 cm³/mol. The fourth-order valence-electron chi connectivity index (χ4n) is 3.07. The number of rotatable bonds is 8. The van der Waals surface area contributed by atoms with Crippen LogP contribution in [-0.4, -0.2) is 43.0 Å². The minimum atomic E-state index is -0.258. The zero-order chi connectivity index (χ0) is 18.2. The molecule has 4 heteroatoms. The smallest absolute Gasteiger partial charge is 0.244 e. The molecule has 0 aliphatic carbocycles. The fraction of sp³-hybridized carbons (Fsp3) is 0.381. The molecule has 2 rings (SSSR count). The summed E-state index contributed by atoms with van der Waals surface area (Å²) in [6.07, 6.45) is 0. The Balaban J connectivity index is 2.22. The van der Waals surface area contributed by atoms with Crippen LogP contribution in [0.3, 0.4) is 0 Å². The predicted octanol–water partition coefficient (Wildman–Crippen LogP) is 3.74. The number of carbonyl (C=O) groups excluding carboxylic acids is 1. The van der Waals surface area contributed by atoms with Crippen LogP contribution in [0.15, 0.2) is 54.6 Å².